The standard InChI is InChI=1S/C74H144O17P2/c1-6-10-13-16-19-22-24-26-28-30-32-34-36-38-44-49-54-59-73(78)90-70(64-85-72(77)58-53-48-43-37-35-33-31-29-27-25-23-20-17-14-11-7-2)66-89-93(82,83)87-62-68(75)61-86-92(80,81)88-65-69(63-84-71(76)57-52-47-42-21-18-15-12-8-3)91-74(79)60-55-50-45-40-39-41-46-51-56-67(5)9-4/h67-70,75H,6-66H2,1-5H3,(H,80,81)(H,82,83)/t67?,68-,69+,70+/m0/s1. The van der Waals surface area contributed by atoms with Crippen molar-refractivity contribution in [3.8, 4) is 0 Å². The second-order valence-corrected chi connectivity index (χ2v) is 29.8. The quantitative estimate of drug-likeness (QED) is 0.0222. The van der Waals surface area contributed by atoms with Gasteiger partial charge in [0.25, 0.3) is 0 Å². The molecule has 0 aliphatic carbocycles. The molecule has 0 amide bonds. The average molecular weight is 1370 g/mol. The predicted molar refractivity (Wildman–Crippen MR) is 377 cm³/mol. The summed E-state index contributed by atoms with van der Waals surface area (Å²) in [6, 6.07) is 0. The fourth-order valence-electron chi connectivity index (χ4n) is 11.3. The molecule has 0 rings (SSSR count). The van der Waals surface area contributed by atoms with Crippen LogP contribution in [0.25, 0.3) is 0 Å². The van der Waals surface area contributed by atoms with Crippen LogP contribution in [0.15, 0.2) is 0 Å². The van der Waals surface area contributed by atoms with Gasteiger partial charge in [0, 0.05) is 25.7 Å². The molecule has 0 aliphatic rings. The van der Waals surface area contributed by atoms with E-state index in [4.69, 9.17) is 37.0 Å². The fourth-order valence-corrected chi connectivity index (χ4v) is 12.9. The van der Waals surface area contributed by atoms with Gasteiger partial charge >= 0.3 is 39.5 Å². The minimum atomic E-state index is -4.95. The second kappa shape index (κ2) is 67.3. The first-order chi connectivity index (χ1) is 45.1. The van der Waals surface area contributed by atoms with Crippen LogP contribution in [0.4, 0.5) is 0 Å². The number of unbranched alkanes of at least 4 members (excludes halogenated alkanes) is 45. The Morgan fingerprint density at radius 2 is 0.516 bits per heavy atom. The maximum absolute atomic E-state index is 13.1. The summed E-state index contributed by atoms with van der Waals surface area (Å²) in [5.41, 5.74) is 0. The highest BCUT2D eigenvalue weighted by Gasteiger charge is 2.30. The second-order valence-electron chi connectivity index (χ2n) is 26.9. The molecular formula is C74H144O17P2. The van der Waals surface area contributed by atoms with Gasteiger partial charge < -0.3 is 33.8 Å². The number of esters is 4. The lowest BCUT2D eigenvalue weighted by Crippen LogP contribution is -2.30. The molecule has 552 valence electrons. The van der Waals surface area contributed by atoms with E-state index in [0.29, 0.717) is 25.7 Å². The number of carbonyl (C=O) groups excluding carboxylic acids is 4. The van der Waals surface area contributed by atoms with Crippen molar-refractivity contribution >= 4 is 39.5 Å². The lowest BCUT2D eigenvalue weighted by Gasteiger charge is -2.21. The molecule has 0 saturated carbocycles. The number of hydrogen-bond acceptors (Lipinski definition) is 15. The van der Waals surface area contributed by atoms with Crippen molar-refractivity contribution in [2.24, 2.45) is 5.92 Å². The predicted octanol–water partition coefficient (Wildman–Crippen LogP) is 21.7. The highest BCUT2D eigenvalue weighted by molar-refractivity contribution is 7.47. The Morgan fingerprint density at radius 1 is 0.301 bits per heavy atom. The van der Waals surface area contributed by atoms with Crippen LogP contribution in [-0.2, 0) is 65.4 Å². The molecule has 0 aromatic rings. The summed E-state index contributed by atoms with van der Waals surface area (Å²) in [7, 11) is -9.90. The van der Waals surface area contributed by atoms with Crippen LogP contribution in [0, 0.1) is 5.92 Å². The zero-order valence-electron chi connectivity index (χ0n) is 60.4. The lowest BCUT2D eigenvalue weighted by molar-refractivity contribution is -0.161. The first-order valence-electron chi connectivity index (χ1n) is 38.7. The number of aliphatic hydroxyl groups excluding tert-OH is 1. The Kier molecular flexibility index (Phi) is 65.9. The molecule has 0 bridgehead atoms. The maximum atomic E-state index is 13.1. The van der Waals surface area contributed by atoms with Crippen LogP contribution in [0.1, 0.15) is 388 Å². The minimum absolute atomic E-state index is 0.105. The molecule has 3 unspecified atom stereocenters. The summed E-state index contributed by atoms with van der Waals surface area (Å²) in [4.78, 5) is 72.6. The van der Waals surface area contributed by atoms with Gasteiger partial charge in [-0.15, -0.1) is 0 Å². The van der Waals surface area contributed by atoms with Crippen molar-refractivity contribution in [1.82, 2.24) is 0 Å². The zero-order chi connectivity index (χ0) is 68.4. The smallest absolute Gasteiger partial charge is 0.462 e. The van der Waals surface area contributed by atoms with Gasteiger partial charge in [0.15, 0.2) is 12.2 Å². The van der Waals surface area contributed by atoms with Crippen molar-refractivity contribution in [2.75, 3.05) is 39.6 Å². The Hall–Kier alpha value is -1.94. The topological polar surface area (TPSA) is 237 Å². The van der Waals surface area contributed by atoms with E-state index < -0.39 is 97.5 Å². The molecule has 3 N–H and O–H groups in total. The van der Waals surface area contributed by atoms with Crippen LogP contribution in [-0.4, -0.2) is 96.7 Å². The van der Waals surface area contributed by atoms with Crippen LogP contribution < -0.4 is 0 Å². The van der Waals surface area contributed by atoms with Crippen LogP contribution in [0.5, 0.6) is 0 Å². The summed E-state index contributed by atoms with van der Waals surface area (Å²) in [5.74, 6) is -1.35. The van der Waals surface area contributed by atoms with Gasteiger partial charge in [-0.05, 0) is 31.6 Å². The van der Waals surface area contributed by atoms with Gasteiger partial charge in [0.2, 0.25) is 0 Å². The maximum Gasteiger partial charge on any atom is 0.472 e. The Labute approximate surface area is 568 Å². The number of phosphoric acid groups is 2. The summed E-state index contributed by atoms with van der Waals surface area (Å²) in [5, 5.41) is 10.6. The van der Waals surface area contributed by atoms with E-state index in [9.17, 15) is 43.2 Å². The first kappa shape index (κ1) is 91.1. The third-order valence-electron chi connectivity index (χ3n) is 17.6. The van der Waals surface area contributed by atoms with E-state index in [1.165, 1.54) is 205 Å². The fraction of sp³-hybridized carbons (Fsp3) is 0.946. The highest BCUT2D eigenvalue weighted by Crippen LogP contribution is 2.45. The Morgan fingerprint density at radius 3 is 0.763 bits per heavy atom. The van der Waals surface area contributed by atoms with Crippen molar-refractivity contribution in [1.29, 1.82) is 0 Å². The molecule has 0 radical (unpaired) electrons. The van der Waals surface area contributed by atoms with E-state index >= 15 is 0 Å². The largest absolute Gasteiger partial charge is 0.472 e. The number of carbonyl (C=O) groups is 4. The number of phosphoric ester groups is 2. The molecule has 6 atom stereocenters. The monoisotopic (exact) mass is 1370 g/mol. The lowest BCUT2D eigenvalue weighted by atomic mass is 9.99. The van der Waals surface area contributed by atoms with Gasteiger partial charge in [-0.25, -0.2) is 9.13 Å². The van der Waals surface area contributed by atoms with E-state index in [2.05, 4.69) is 34.6 Å². The zero-order valence-corrected chi connectivity index (χ0v) is 62.2. The molecule has 0 aromatic heterocycles. The summed E-state index contributed by atoms with van der Waals surface area (Å²) < 4.78 is 68.4. The Balaban J connectivity index is 5.22. The van der Waals surface area contributed by atoms with Crippen molar-refractivity contribution in [2.45, 2.75) is 406 Å². The van der Waals surface area contributed by atoms with Crippen molar-refractivity contribution in [3.05, 3.63) is 0 Å². The normalized spacial score (nSPS) is 14.3. The molecule has 93 heavy (non-hydrogen) atoms. The van der Waals surface area contributed by atoms with Gasteiger partial charge in [-0.2, -0.15) is 0 Å². The molecule has 0 saturated heterocycles. The van der Waals surface area contributed by atoms with Crippen molar-refractivity contribution < 1.29 is 80.2 Å². The molecule has 19 heteroatoms. The molecule has 0 aromatic carbocycles. The van der Waals surface area contributed by atoms with Crippen LogP contribution in [0.2, 0.25) is 0 Å². The van der Waals surface area contributed by atoms with E-state index in [-0.39, 0.29) is 25.7 Å². The van der Waals surface area contributed by atoms with Crippen LogP contribution >= 0.6 is 15.6 Å². The SMILES string of the molecule is CCCCCCCCCCCCCCCCCCCC(=O)O[C@H](COC(=O)CCCCCCCCCCCCCCCCCC)COP(=O)(O)OC[C@@H](O)COP(=O)(O)OC[C@@H](COC(=O)CCCCCCCCCC)OC(=O)CCCCCCCCCCC(C)CC. The molecule has 0 spiro atoms. The Bertz CT molecular complexity index is 1790. The van der Waals surface area contributed by atoms with Gasteiger partial charge in [-0.1, -0.05) is 336 Å². The van der Waals surface area contributed by atoms with Gasteiger partial charge in [-0.3, -0.25) is 37.3 Å². The molecule has 0 fully saturated rings. The summed E-state index contributed by atoms with van der Waals surface area (Å²) in [6.45, 7) is 7.25. The van der Waals surface area contributed by atoms with Gasteiger partial charge in [0.1, 0.15) is 19.3 Å². The molecule has 0 aliphatic heterocycles. The van der Waals surface area contributed by atoms with E-state index in [1.54, 1.807) is 0 Å². The first-order valence-corrected chi connectivity index (χ1v) is 41.7. The van der Waals surface area contributed by atoms with E-state index in [0.717, 1.165) is 102 Å². The third kappa shape index (κ3) is 67.0. The van der Waals surface area contributed by atoms with Gasteiger partial charge in [0.05, 0.1) is 26.4 Å². The van der Waals surface area contributed by atoms with E-state index in [1.807, 2.05) is 0 Å². The molecule has 17 nitrogen and oxygen atoms in total. The average Bonchev–Trinajstić information content (AvgIpc) is 1.83. The molecule has 0 heterocycles. The third-order valence-corrected chi connectivity index (χ3v) is 19.5. The summed E-state index contributed by atoms with van der Waals surface area (Å²) in [6.07, 6.45) is 55.5. The number of aliphatic hydroxyl groups is 1. The number of rotatable bonds is 74. The highest BCUT2D eigenvalue weighted by atomic mass is 31.2. The minimum Gasteiger partial charge on any atom is -0.462 e. The van der Waals surface area contributed by atoms with Crippen molar-refractivity contribution in [3.63, 3.8) is 0 Å². The number of ether oxygens (including phenoxy) is 4. The molecular weight excluding hydrogens is 1220 g/mol. The van der Waals surface area contributed by atoms with Crippen LogP contribution in [0.3, 0.4) is 0 Å². The summed E-state index contributed by atoms with van der Waals surface area (Å²) >= 11 is 0. The number of hydrogen-bond donors (Lipinski definition) is 3.